The number of hydrogen-bond acceptors (Lipinski definition) is 0. The van der Waals surface area contributed by atoms with Gasteiger partial charge in [-0.3, -0.25) is 9.89 Å². The summed E-state index contributed by atoms with van der Waals surface area (Å²) in [5.74, 6) is 0. The Labute approximate surface area is 57.6 Å². The zero-order valence-electron chi connectivity index (χ0n) is 6.65. The van der Waals surface area contributed by atoms with Crippen LogP contribution in [0.5, 0.6) is 0 Å². The Bertz CT molecular complexity index is 80.9. The average molecular weight is 129 g/mol. The highest BCUT2D eigenvalue weighted by Crippen LogP contribution is 1.68. The minimum atomic E-state index is 1.01. The minimum Gasteiger partial charge on any atom is -0.281 e. The standard InChI is InChI=1S/C7H16N2/c1-4-8-7-9(5-2)6-3/h7H,4-6H2,1-3H3/p+1. The van der Waals surface area contributed by atoms with Crippen molar-refractivity contribution in [2.75, 3.05) is 19.6 Å². The van der Waals surface area contributed by atoms with Gasteiger partial charge in [0.05, 0.1) is 19.6 Å². The van der Waals surface area contributed by atoms with Gasteiger partial charge in [0.2, 0.25) is 6.34 Å². The Balaban J connectivity index is 3.48. The van der Waals surface area contributed by atoms with Crippen LogP contribution >= 0.6 is 0 Å². The summed E-state index contributed by atoms with van der Waals surface area (Å²) in [4.78, 5) is 0. The van der Waals surface area contributed by atoms with Crippen LogP contribution in [0.4, 0.5) is 0 Å². The van der Waals surface area contributed by atoms with Crippen molar-refractivity contribution < 1.29 is 4.58 Å². The van der Waals surface area contributed by atoms with Crippen molar-refractivity contribution in [3.05, 3.63) is 0 Å². The van der Waals surface area contributed by atoms with E-state index in [1.54, 1.807) is 0 Å². The first-order valence-corrected chi connectivity index (χ1v) is 3.65. The molecule has 0 aromatic rings. The van der Waals surface area contributed by atoms with Gasteiger partial charge >= 0.3 is 0 Å². The summed E-state index contributed by atoms with van der Waals surface area (Å²) in [5, 5.41) is 3.15. The Hall–Kier alpha value is -0.530. The molecule has 0 aliphatic heterocycles. The highest BCUT2D eigenvalue weighted by molar-refractivity contribution is 5.47. The molecule has 2 heteroatoms. The number of nitrogens with zero attached hydrogens (tertiary/aromatic N) is 1. The molecule has 0 amide bonds. The number of hydrogen-bond donors (Lipinski definition) is 1. The van der Waals surface area contributed by atoms with Crippen LogP contribution in [0.25, 0.3) is 0 Å². The van der Waals surface area contributed by atoms with E-state index >= 15 is 0 Å². The molecule has 0 aromatic carbocycles. The van der Waals surface area contributed by atoms with Crippen LogP contribution in [0, 0.1) is 0 Å². The molecule has 2 nitrogen and oxygen atoms in total. The summed E-state index contributed by atoms with van der Waals surface area (Å²) in [7, 11) is 0. The van der Waals surface area contributed by atoms with Crippen molar-refractivity contribution in [3.8, 4) is 0 Å². The summed E-state index contributed by atoms with van der Waals surface area (Å²) in [6.07, 6.45) is 2.04. The third kappa shape index (κ3) is 4.01. The second-order valence-electron chi connectivity index (χ2n) is 1.91. The van der Waals surface area contributed by atoms with E-state index in [1.165, 1.54) is 0 Å². The molecule has 1 N–H and O–H groups in total. The van der Waals surface area contributed by atoms with Gasteiger partial charge in [-0.2, -0.15) is 0 Å². The predicted molar refractivity (Wildman–Crippen MR) is 41.1 cm³/mol. The van der Waals surface area contributed by atoms with Crippen molar-refractivity contribution in [2.45, 2.75) is 20.8 Å². The maximum absolute atomic E-state index is 3.15. The second-order valence-corrected chi connectivity index (χ2v) is 1.91. The third-order valence-corrected chi connectivity index (χ3v) is 1.29. The predicted octanol–water partition coefficient (Wildman–Crippen LogP) is 0.676. The highest BCUT2D eigenvalue weighted by Gasteiger charge is 1.88. The van der Waals surface area contributed by atoms with E-state index in [0.717, 1.165) is 19.6 Å². The second kappa shape index (κ2) is 5.60. The Morgan fingerprint density at radius 2 is 1.78 bits per heavy atom. The van der Waals surface area contributed by atoms with E-state index in [4.69, 9.17) is 0 Å². The Morgan fingerprint density at radius 3 is 2.11 bits per heavy atom. The molecule has 0 bridgehead atoms. The summed E-state index contributed by atoms with van der Waals surface area (Å²) in [6, 6.07) is 0. The molecule has 0 spiro atoms. The number of rotatable bonds is 4. The van der Waals surface area contributed by atoms with Crippen LogP contribution in [-0.4, -0.2) is 30.5 Å². The molecule has 0 aromatic heterocycles. The lowest BCUT2D eigenvalue weighted by molar-refractivity contribution is -0.517. The monoisotopic (exact) mass is 129 g/mol. The first-order chi connectivity index (χ1) is 4.35. The van der Waals surface area contributed by atoms with Crippen molar-refractivity contribution in [1.82, 2.24) is 5.32 Å². The van der Waals surface area contributed by atoms with E-state index in [2.05, 4.69) is 30.7 Å². The molecule has 0 radical (unpaired) electrons. The zero-order valence-corrected chi connectivity index (χ0v) is 6.65. The van der Waals surface area contributed by atoms with Gasteiger partial charge in [0.1, 0.15) is 0 Å². The van der Waals surface area contributed by atoms with E-state index in [0.29, 0.717) is 0 Å². The van der Waals surface area contributed by atoms with Crippen molar-refractivity contribution >= 4 is 6.34 Å². The lowest BCUT2D eigenvalue weighted by atomic mass is 10.6. The molecule has 0 saturated carbocycles. The Kier molecular flexibility index (Phi) is 5.27. The van der Waals surface area contributed by atoms with Crippen LogP contribution in [0.1, 0.15) is 20.8 Å². The molecule has 0 aliphatic rings. The van der Waals surface area contributed by atoms with E-state index in [9.17, 15) is 0 Å². The van der Waals surface area contributed by atoms with Gasteiger partial charge in [-0.05, 0) is 20.8 Å². The highest BCUT2D eigenvalue weighted by atomic mass is 15.1. The van der Waals surface area contributed by atoms with Crippen LogP contribution in [-0.2, 0) is 0 Å². The van der Waals surface area contributed by atoms with E-state index < -0.39 is 0 Å². The number of nitrogens with one attached hydrogen (secondary N) is 1. The van der Waals surface area contributed by atoms with Crippen molar-refractivity contribution in [2.24, 2.45) is 0 Å². The molecule has 0 unspecified atom stereocenters. The Morgan fingerprint density at radius 1 is 1.22 bits per heavy atom. The summed E-state index contributed by atoms with van der Waals surface area (Å²) < 4.78 is 2.23. The fourth-order valence-electron chi connectivity index (χ4n) is 0.627. The summed E-state index contributed by atoms with van der Waals surface area (Å²) in [6.45, 7) is 9.58. The topological polar surface area (TPSA) is 15.0 Å². The molecule has 0 rings (SSSR count). The van der Waals surface area contributed by atoms with Gasteiger partial charge in [-0.1, -0.05) is 0 Å². The third-order valence-electron chi connectivity index (χ3n) is 1.29. The van der Waals surface area contributed by atoms with Crippen molar-refractivity contribution in [3.63, 3.8) is 0 Å². The zero-order chi connectivity index (χ0) is 7.11. The molecule has 0 saturated heterocycles. The van der Waals surface area contributed by atoms with Gasteiger partial charge < -0.3 is 0 Å². The molecular weight excluding hydrogens is 112 g/mol. The largest absolute Gasteiger partial charge is 0.281 e. The quantitative estimate of drug-likeness (QED) is 0.335. The van der Waals surface area contributed by atoms with E-state index in [-0.39, 0.29) is 0 Å². The molecule has 0 aliphatic carbocycles. The molecule has 0 atom stereocenters. The van der Waals surface area contributed by atoms with Crippen LogP contribution in [0.15, 0.2) is 0 Å². The van der Waals surface area contributed by atoms with E-state index in [1.807, 2.05) is 6.34 Å². The average Bonchev–Trinajstić information content (AvgIpc) is 1.91. The lowest BCUT2D eigenvalue weighted by Gasteiger charge is -1.97. The first-order valence-electron chi connectivity index (χ1n) is 3.65. The molecule has 0 fully saturated rings. The maximum Gasteiger partial charge on any atom is 0.231 e. The van der Waals surface area contributed by atoms with Crippen LogP contribution < -0.4 is 5.32 Å². The van der Waals surface area contributed by atoms with Crippen LogP contribution in [0.2, 0.25) is 0 Å². The smallest absolute Gasteiger partial charge is 0.231 e. The molecule has 54 valence electrons. The fraction of sp³-hybridized carbons (Fsp3) is 0.857. The van der Waals surface area contributed by atoms with Gasteiger partial charge in [0.15, 0.2) is 0 Å². The molecular formula is C7H17N2+. The molecule has 0 heterocycles. The van der Waals surface area contributed by atoms with Gasteiger partial charge in [-0.25, -0.2) is 0 Å². The fourth-order valence-corrected chi connectivity index (χ4v) is 0.627. The summed E-state index contributed by atoms with van der Waals surface area (Å²) >= 11 is 0. The lowest BCUT2D eigenvalue weighted by Crippen LogP contribution is -2.22. The van der Waals surface area contributed by atoms with Gasteiger partial charge in [0, 0.05) is 0 Å². The minimum absolute atomic E-state index is 1.01. The first kappa shape index (κ1) is 8.47. The SMILES string of the molecule is CCNC=[N+](CC)CC. The van der Waals surface area contributed by atoms with Gasteiger partial charge in [-0.15, -0.1) is 0 Å². The summed E-state index contributed by atoms with van der Waals surface area (Å²) in [5.41, 5.74) is 0. The maximum atomic E-state index is 3.15. The van der Waals surface area contributed by atoms with Crippen LogP contribution in [0.3, 0.4) is 0 Å². The normalized spacial score (nSPS) is 8.78. The molecule has 9 heavy (non-hydrogen) atoms. The van der Waals surface area contributed by atoms with Gasteiger partial charge in [0.25, 0.3) is 0 Å². The van der Waals surface area contributed by atoms with Crippen molar-refractivity contribution in [1.29, 1.82) is 0 Å².